The van der Waals surface area contributed by atoms with Crippen LogP contribution in [0.3, 0.4) is 0 Å². The molecule has 1 aliphatic carbocycles. The predicted molar refractivity (Wildman–Crippen MR) is 95.7 cm³/mol. The summed E-state index contributed by atoms with van der Waals surface area (Å²) in [6, 6.07) is 7.86. The van der Waals surface area contributed by atoms with E-state index >= 15 is 0 Å². The van der Waals surface area contributed by atoms with Crippen LogP contribution in [-0.4, -0.2) is 34.0 Å². The highest BCUT2D eigenvalue weighted by Gasteiger charge is 2.34. The van der Waals surface area contributed by atoms with Crippen LogP contribution in [0.2, 0.25) is 0 Å². The lowest BCUT2D eigenvalue weighted by atomic mass is 10.1. The zero-order valence-electron chi connectivity index (χ0n) is 15.2. The molecule has 0 radical (unpaired) electrons. The number of hydrogen-bond acceptors (Lipinski definition) is 5. The fourth-order valence-electron chi connectivity index (χ4n) is 3.87. The van der Waals surface area contributed by atoms with Crippen LogP contribution in [0.15, 0.2) is 28.8 Å². The summed E-state index contributed by atoms with van der Waals surface area (Å²) in [4.78, 5) is 19.0. The highest BCUT2D eigenvalue weighted by molar-refractivity contribution is 5.79. The van der Waals surface area contributed by atoms with E-state index in [0.29, 0.717) is 24.2 Å². The molecule has 4 rings (SSSR count). The maximum atomic E-state index is 12.6. The third-order valence-corrected chi connectivity index (χ3v) is 5.44. The predicted octanol–water partition coefficient (Wildman–Crippen LogP) is 3.46. The number of carbonyl (C=O) groups excluding carboxylic acids is 1. The zero-order valence-corrected chi connectivity index (χ0v) is 15.2. The zero-order chi connectivity index (χ0) is 17.9. The van der Waals surface area contributed by atoms with E-state index < -0.39 is 0 Å². The van der Waals surface area contributed by atoms with E-state index in [-0.39, 0.29) is 18.4 Å². The van der Waals surface area contributed by atoms with E-state index in [4.69, 9.17) is 9.26 Å². The van der Waals surface area contributed by atoms with Gasteiger partial charge >= 0.3 is 0 Å². The number of benzene rings is 1. The third-order valence-electron chi connectivity index (χ3n) is 5.44. The first kappa shape index (κ1) is 17.1. The van der Waals surface area contributed by atoms with Gasteiger partial charge in [-0.15, -0.1) is 0 Å². The molecule has 2 aliphatic rings. The number of aromatic nitrogens is 2. The lowest BCUT2D eigenvalue weighted by molar-refractivity contribution is -0.134. The molecule has 6 heteroatoms. The Bertz CT molecular complexity index is 750. The molecule has 2 aromatic rings. The standard InChI is InChI=1S/C20H25N3O3/c1-14-6-8-17(9-7-14)25-13-18-21-19(22-26-18)16-10-11-23(12-16)20(24)15-4-2-3-5-15/h6-9,15-16H,2-5,10-13H2,1H3. The normalized spacial score (nSPS) is 20.7. The van der Waals surface area contributed by atoms with Crippen LogP contribution in [0.25, 0.3) is 0 Å². The van der Waals surface area contributed by atoms with Gasteiger partial charge in [0.2, 0.25) is 5.91 Å². The van der Waals surface area contributed by atoms with Gasteiger partial charge in [0.1, 0.15) is 5.75 Å². The molecule has 1 aromatic carbocycles. The molecule has 0 bridgehead atoms. The molecule has 138 valence electrons. The van der Waals surface area contributed by atoms with Crippen LogP contribution < -0.4 is 4.74 Å². The Morgan fingerprint density at radius 3 is 2.77 bits per heavy atom. The Morgan fingerprint density at radius 1 is 1.23 bits per heavy atom. The summed E-state index contributed by atoms with van der Waals surface area (Å²) >= 11 is 0. The van der Waals surface area contributed by atoms with Gasteiger partial charge in [-0.2, -0.15) is 4.98 Å². The average Bonchev–Trinajstić information content (AvgIpc) is 3.41. The monoisotopic (exact) mass is 355 g/mol. The van der Waals surface area contributed by atoms with Gasteiger partial charge in [0.25, 0.3) is 5.89 Å². The summed E-state index contributed by atoms with van der Waals surface area (Å²) in [6.07, 6.45) is 5.35. The van der Waals surface area contributed by atoms with Crippen LogP contribution in [0.4, 0.5) is 0 Å². The maximum absolute atomic E-state index is 12.6. The van der Waals surface area contributed by atoms with Gasteiger partial charge in [-0.05, 0) is 38.3 Å². The smallest absolute Gasteiger partial charge is 0.264 e. The number of carbonyl (C=O) groups is 1. The first-order valence-electron chi connectivity index (χ1n) is 9.50. The molecule has 1 saturated carbocycles. The van der Waals surface area contributed by atoms with Gasteiger partial charge in [0.15, 0.2) is 12.4 Å². The first-order chi connectivity index (χ1) is 12.7. The minimum absolute atomic E-state index is 0.164. The molecule has 2 fully saturated rings. The number of aryl methyl sites for hydroxylation is 1. The second kappa shape index (κ2) is 7.48. The summed E-state index contributed by atoms with van der Waals surface area (Å²) < 4.78 is 11.0. The molecular weight excluding hydrogens is 330 g/mol. The van der Waals surface area contributed by atoms with Crippen molar-refractivity contribution in [2.45, 2.75) is 51.6 Å². The molecule has 2 heterocycles. The summed E-state index contributed by atoms with van der Waals surface area (Å²) in [7, 11) is 0. The lowest BCUT2D eigenvalue weighted by Gasteiger charge is -2.19. The molecule has 1 unspecified atom stereocenters. The van der Waals surface area contributed by atoms with Gasteiger partial charge < -0.3 is 14.2 Å². The molecule has 1 aromatic heterocycles. The molecular formula is C20H25N3O3. The Balaban J connectivity index is 1.31. The van der Waals surface area contributed by atoms with Crippen molar-refractivity contribution in [3.05, 3.63) is 41.5 Å². The van der Waals surface area contributed by atoms with Gasteiger partial charge in [0, 0.05) is 24.9 Å². The van der Waals surface area contributed by atoms with E-state index in [1.807, 2.05) is 36.1 Å². The van der Waals surface area contributed by atoms with Gasteiger partial charge in [-0.25, -0.2) is 0 Å². The Kier molecular flexibility index (Phi) is 4.91. The summed E-state index contributed by atoms with van der Waals surface area (Å²) in [6.45, 7) is 3.79. The second-order valence-corrected chi connectivity index (χ2v) is 7.40. The van der Waals surface area contributed by atoms with E-state index in [0.717, 1.165) is 31.6 Å². The van der Waals surface area contributed by atoms with Crippen molar-refractivity contribution >= 4 is 5.91 Å². The maximum Gasteiger partial charge on any atom is 0.264 e. The van der Waals surface area contributed by atoms with Crippen molar-refractivity contribution in [2.24, 2.45) is 5.92 Å². The topological polar surface area (TPSA) is 68.5 Å². The molecule has 0 N–H and O–H groups in total. The van der Waals surface area contributed by atoms with Crippen LogP contribution in [0.5, 0.6) is 5.75 Å². The van der Waals surface area contributed by atoms with E-state index in [2.05, 4.69) is 10.1 Å². The highest BCUT2D eigenvalue weighted by atomic mass is 16.5. The largest absolute Gasteiger partial charge is 0.484 e. The fraction of sp³-hybridized carbons (Fsp3) is 0.550. The number of amides is 1. The number of rotatable bonds is 5. The Morgan fingerprint density at radius 2 is 2.00 bits per heavy atom. The summed E-state index contributed by atoms with van der Waals surface area (Å²) in [5.74, 6) is 2.66. The average molecular weight is 355 g/mol. The number of nitrogens with zero attached hydrogens (tertiary/aromatic N) is 3. The summed E-state index contributed by atoms with van der Waals surface area (Å²) in [5, 5.41) is 4.11. The number of likely N-dealkylation sites (tertiary alicyclic amines) is 1. The van der Waals surface area contributed by atoms with E-state index in [9.17, 15) is 4.79 Å². The molecule has 0 spiro atoms. The van der Waals surface area contributed by atoms with Gasteiger partial charge in [0.05, 0.1) is 0 Å². The van der Waals surface area contributed by atoms with Gasteiger partial charge in [-0.1, -0.05) is 35.7 Å². The SMILES string of the molecule is Cc1ccc(OCc2nc(C3CCN(C(=O)C4CCCC4)C3)no2)cc1. The van der Waals surface area contributed by atoms with E-state index in [1.165, 1.54) is 18.4 Å². The number of ether oxygens (including phenoxy) is 1. The van der Waals surface area contributed by atoms with Crippen LogP contribution in [0.1, 0.15) is 55.3 Å². The molecule has 1 saturated heterocycles. The first-order valence-corrected chi connectivity index (χ1v) is 9.50. The summed E-state index contributed by atoms with van der Waals surface area (Å²) in [5.41, 5.74) is 1.19. The fourth-order valence-corrected chi connectivity index (χ4v) is 3.87. The van der Waals surface area contributed by atoms with Crippen molar-refractivity contribution in [3.63, 3.8) is 0 Å². The van der Waals surface area contributed by atoms with Gasteiger partial charge in [-0.3, -0.25) is 4.79 Å². The molecule has 26 heavy (non-hydrogen) atoms. The lowest BCUT2D eigenvalue weighted by Crippen LogP contribution is -2.33. The van der Waals surface area contributed by atoms with Crippen LogP contribution >= 0.6 is 0 Å². The van der Waals surface area contributed by atoms with Crippen molar-refractivity contribution in [1.29, 1.82) is 0 Å². The molecule has 1 atom stereocenters. The Labute approximate surface area is 153 Å². The van der Waals surface area contributed by atoms with Crippen molar-refractivity contribution < 1.29 is 14.1 Å². The Hall–Kier alpha value is -2.37. The molecule has 1 amide bonds. The van der Waals surface area contributed by atoms with Crippen molar-refractivity contribution in [1.82, 2.24) is 15.0 Å². The third kappa shape index (κ3) is 3.74. The van der Waals surface area contributed by atoms with Crippen LogP contribution in [0, 0.1) is 12.8 Å². The highest BCUT2D eigenvalue weighted by Crippen LogP contribution is 2.31. The quantitative estimate of drug-likeness (QED) is 0.821. The van der Waals surface area contributed by atoms with E-state index in [1.54, 1.807) is 0 Å². The number of hydrogen-bond donors (Lipinski definition) is 0. The van der Waals surface area contributed by atoms with Crippen LogP contribution in [-0.2, 0) is 11.4 Å². The van der Waals surface area contributed by atoms with Crippen molar-refractivity contribution in [3.8, 4) is 5.75 Å². The minimum Gasteiger partial charge on any atom is -0.484 e. The molecule has 1 aliphatic heterocycles. The molecule has 6 nitrogen and oxygen atoms in total. The second-order valence-electron chi connectivity index (χ2n) is 7.40. The minimum atomic E-state index is 0.164. The van der Waals surface area contributed by atoms with Crippen molar-refractivity contribution in [2.75, 3.05) is 13.1 Å².